The van der Waals surface area contributed by atoms with E-state index < -0.39 is 46.9 Å². The summed E-state index contributed by atoms with van der Waals surface area (Å²) in [6.07, 6.45) is 3.42. The summed E-state index contributed by atoms with van der Waals surface area (Å²) in [6.45, 7) is 0.0698. The summed E-state index contributed by atoms with van der Waals surface area (Å²) in [4.78, 5) is 42.4. The summed E-state index contributed by atoms with van der Waals surface area (Å²) in [5.74, 6) is -2.29. The van der Waals surface area contributed by atoms with E-state index in [9.17, 15) is 19.5 Å². The van der Waals surface area contributed by atoms with Gasteiger partial charge in [0, 0.05) is 24.7 Å². The van der Waals surface area contributed by atoms with E-state index in [0.717, 1.165) is 30.5 Å². The number of amides is 1. The number of ether oxygens (including phenoxy) is 4. The molecular formula is C37H33F2N7O8. The second-order valence-electron chi connectivity index (χ2n) is 14.1. The van der Waals surface area contributed by atoms with Gasteiger partial charge in [0.1, 0.15) is 49.1 Å². The average molecular weight is 742 g/mol. The minimum Gasteiger partial charge on any atom is -0.487 e. The van der Waals surface area contributed by atoms with Gasteiger partial charge in [-0.25, -0.2) is 23.1 Å². The monoisotopic (exact) mass is 741 g/mol. The van der Waals surface area contributed by atoms with E-state index in [2.05, 4.69) is 15.5 Å². The minimum atomic E-state index is -1.52. The fourth-order valence-electron chi connectivity index (χ4n) is 7.48. The van der Waals surface area contributed by atoms with Gasteiger partial charge in [0.15, 0.2) is 23.1 Å². The maximum Gasteiger partial charge on any atom is 0.414 e. The Labute approximate surface area is 305 Å². The van der Waals surface area contributed by atoms with Crippen molar-refractivity contribution in [1.29, 1.82) is 0 Å². The molecule has 3 fully saturated rings. The van der Waals surface area contributed by atoms with E-state index in [1.54, 1.807) is 21.6 Å². The quantitative estimate of drug-likeness (QED) is 0.207. The highest BCUT2D eigenvalue weighted by Gasteiger charge is 2.48. The molecule has 5 heterocycles. The smallest absolute Gasteiger partial charge is 0.414 e. The van der Waals surface area contributed by atoms with Crippen LogP contribution in [0.15, 0.2) is 71.9 Å². The zero-order valence-corrected chi connectivity index (χ0v) is 28.6. The third-order valence-corrected chi connectivity index (χ3v) is 10.2. The van der Waals surface area contributed by atoms with Gasteiger partial charge in [-0.1, -0.05) is 30.3 Å². The van der Waals surface area contributed by atoms with Crippen molar-refractivity contribution >= 4 is 34.3 Å². The number of pyridine rings is 1. The van der Waals surface area contributed by atoms with Crippen molar-refractivity contribution in [3.05, 3.63) is 100 Å². The highest BCUT2D eigenvalue weighted by Crippen LogP contribution is 2.48. The number of carbonyl (C=O) groups is 2. The topological polar surface area (TPSA) is 163 Å². The standard InChI is InChI=1S/C37H33F2N7O8/c38-28-10-23(45-14-25(54-36(45)49)13-43-20-40-41-42-43)8-9-30(28)53-19-37(50)12-24-17-51-34-31-26(11-29(39)32(34)46(24)18-37)33(47)27(15-44(31)22-6-7-22)35(48)52-16-21-4-2-1-3-5-21/h1-5,8-11,15,20,22,24-25,50H,6-7,12-14,16-19H2/t24-,25-,37-/m0/s1. The Morgan fingerprint density at radius 2 is 1.89 bits per heavy atom. The first-order valence-corrected chi connectivity index (χ1v) is 17.5. The molecule has 2 saturated heterocycles. The summed E-state index contributed by atoms with van der Waals surface area (Å²) >= 11 is 0. The molecular weight excluding hydrogens is 708 g/mol. The van der Waals surface area contributed by atoms with Gasteiger partial charge in [-0.2, -0.15) is 0 Å². The first-order valence-electron chi connectivity index (χ1n) is 17.5. The molecule has 17 heteroatoms. The van der Waals surface area contributed by atoms with Crippen LogP contribution in [0.25, 0.3) is 10.9 Å². The van der Waals surface area contributed by atoms with Crippen LogP contribution in [0.5, 0.6) is 11.5 Å². The maximum absolute atomic E-state index is 16.1. The molecule has 3 aromatic carbocycles. The van der Waals surface area contributed by atoms with Crippen LogP contribution >= 0.6 is 0 Å². The Bertz CT molecular complexity index is 2340. The number of aliphatic hydroxyl groups is 1. The molecule has 278 valence electrons. The van der Waals surface area contributed by atoms with Gasteiger partial charge in [-0.15, -0.1) is 5.10 Å². The Morgan fingerprint density at radius 1 is 1.06 bits per heavy atom. The molecule has 3 atom stereocenters. The molecule has 1 saturated carbocycles. The molecule has 54 heavy (non-hydrogen) atoms. The molecule has 0 unspecified atom stereocenters. The first-order chi connectivity index (χ1) is 26.1. The van der Waals surface area contributed by atoms with Crippen LogP contribution in [0.3, 0.4) is 0 Å². The molecule has 5 aromatic rings. The number of benzene rings is 3. The highest BCUT2D eigenvalue weighted by molar-refractivity contribution is 5.98. The predicted octanol–water partition coefficient (Wildman–Crippen LogP) is 3.76. The molecule has 1 aliphatic carbocycles. The van der Waals surface area contributed by atoms with Crippen LogP contribution in [0, 0.1) is 11.6 Å². The molecule has 1 amide bonds. The van der Waals surface area contributed by atoms with E-state index in [-0.39, 0.29) is 85.7 Å². The van der Waals surface area contributed by atoms with Crippen LogP contribution in [0.4, 0.5) is 25.0 Å². The normalized spacial score (nSPS) is 21.8. The van der Waals surface area contributed by atoms with Crippen molar-refractivity contribution in [2.24, 2.45) is 0 Å². The van der Waals surface area contributed by atoms with Crippen molar-refractivity contribution in [3.8, 4) is 11.5 Å². The van der Waals surface area contributed by atoms with Crippen LogP contribution in [0.2, 0.25) is 0 Å². The number of cyclic esters (lactones) is 1. The van der Waals surface area contributed by atoms with Crippen LogP contribution in [-0.4, -0.2) is 86.0 Å². The fourth-order valence-corrected chi connectivity index (χ4v) is 7.48. The van der Waals surface area contributed by atoms with Crippen LogP contribution in [0.1, 0.15) is 41.2 Å². The van der Waals surface area contributed by atoms with E-state index in [1.807, 2.05) is 18.2 Å². The number of nitrogens with zero attached hydrogens (tertiary/aromatic N) is 7. The van der Waals surface area contributed by atoms with Gasteiger partial charge in [0.2, 0.25) is 5.43 Å². The molecule has 1 N–H and O–H groups in total. The lowest BCUT2D eigenvalue weighted by Gasteiger charge is -2.34. The summed E-state index contributed by atoms with van der Waals surface area (Å²) in [7, 11) is 0. The number of tetrazole rings is 1. The number of rotatable bonds is 10. The number of anilines is 2. The molecule has 15 nitrogen and oxygen atoms in total. The molecule has 4 aliphatic rings. The zero-order chi connectivity index (χ0) is 37.1. The lowest BCUT2D eigenvalue weighted by Crippen LogP contribution is -2.41. The fraction of sp³-hybridized carbons (Fsp3) is 0.351. The van der Waals surface area contributed by atoms with E-state index in [0.29, 0.717) is 5.52 Å². The zero-order valence-electron chi connectivity index (χ0n) is 28.6. The van der Waals surface area contributed by atoms with E-state index in [1.165, 1.54) is 34.2 Å². The Balaban J connectivity index is 0.926. The van der Waals surface area contributed by atoms with Crippen molar-refractivity contribution in [1.82, 2.24) is 24.8 Å². The lowest BCUT2D eigenvalue weighted by molar-refractivity contribution is 0.00980. The molecule has 0 radical (unpaired) electrons. The van der Waals surface area contributed by atoms with Gasteiger partial charge < -0.3 is 33.5 Å². The largest absolute Gasteiger partial charge is 0.487 e. The van der Waals surface area contributed by atoms with Crippen molar-refractivity contribution in [2.75, 3.05) is 36.1 Å². The summed E-state index contributed by atoms with van der Waals surface area (Å²) in [5, 5.41) is 22.5. The second kappa shape index (κ2) is 13.1. The Kier molecular flexibility index (Phi) is 8.17. The first kappa shape index (κ1) is 33.7. The van der Waals surface area contributed by atoms with Gasteiger partial charge in [0.25, 0.3) is 0 Å². The number of aromatic nitrogens is 5. The van der Waals surface area contributed by atoms with Gasteiger partial charge in [-0.3, -0.25) is 9.69 Å². The molecule has 2 aromatic heterocycles. The van der Waals surface area contributed by atoms with E-state index >= 15 is 8.78 Å². The third kappa shape index (κ3) is 6.13. The highest BCUT2D eigenvalue weighted by atomic mass is 19.1. The number of hydrogen-bond donors (Lipinski definition) is 1. The summed E-state index contributed by atoms with van der Waals surface area (Å²) in [5.41, 5.74) is -0.904. The number of halogens is 2. The van der Waals surface area contributed by atoms with Crippen molar-refractivity contribution in [2.45, 2.75) is 56.2 Å². The van der Waals surface area contributed by atoms with Crippen molar-refractivity contribution < 1.29 is 42.4 Å². The average Bonchev–Trinajstić information content (AvgIpc) is 3.58. The maximum atomic E-state index is 16.1. The number of esters is 1. The summed E-state index contributed by atoms with van der Waals surface area (Å²) < 4.78 is 57.5. The number of carbonyl (C=O) groups excluding carboxylic acids is 2. The Hall–Kier alpha value is -6.10. The molecule has 0 bridgehead atoms. The lowest BCUT2D eigenvalue weighted by atomic mass is 10.0. The SMILES string of the molecule is O=C(OCc1ccccc1)c1cn(C2CC2)c2c3c(c(F)cc2c1=O)N1C[C@](O)(COc2ccc(N4C[C@H](Cn5cnnn5)OC4=O)cc2F)C[C@H]1CO3. The molecule has 9 rings (SSSR count). The minimum absolute atomic E-state index is 0.00676. The number of hydrogen-bond acceptors (Lipinski definition) is 12. The van der Waals surface area contributed by atoms with Gasteiger partial charge in [0.05, 0.1) is 42.3 Å². The molecule has 3 aliphatic heterocycles. The van der Waals surface area contributed by atoms with Crippen molar-refractivity contribution in [3.63, 3.8) is 0 Å². The summed E-state index contributed by atoms with van der Waals surface area (Å²) in [6, 6.07) is 13.8. The van der Waals surface area contributed by atoms with Gasteiger partial charge in [-0.05, 0) is 47.0 Å². The third-order valence-electron chi connectivity index (χ3n) is 10.2. The number of fused-ring (bicyclic) bond motifs is 5. The Morgan fingerprint density at radius 3 is 2.65 bits per heavy atom. The molecule has 0 spiro atoms. The second-order valence-corrected chi connectivity index (χ2v) is 14.1. The van der Waals surface area contributed by atoms with Crippen LogP contribution in [-0.2, 0) is 22.6 Å². The van der Waals surface area contributed by atoms with Crippen LogP contribution < -0.4 is 24.7 Å². The van der Waals surface area contributed by atoms with Gasteiger partial charge >= 0.3 is 12.1 Å². The predicted molar refractivity (Wildman–Crippen MR) is 186 cm³/mol. The van der Waals surface area contributed by atoms with E-state index in [4.69, 9.17) is 18.9 Å².